The van der Waals surface area contributed by atoms with Crippen LogP contribution in [-0.4, -0.2) is 33.4 Å². The number of hydrogen-bond acceptors (Lipinski definition) is 4. The van der Waals surface area contributed by atoms with Crippen molar-refractivity contribution in [3.8, 4) is 11.3 Å². The normalized spacial score (nSPS) is 12.9. The summed E-state index contributed by atoms with van der Waals surface area (Å²) in [5.41, 5.74) is 4.49. The van der Waals surface area contributed by atoms with Gasteiger partial charge in [-0.3, -0.25) is 4.79 Å². The molecule has 0 radical (unpaired) electrons. The van der Waals surface area contributed by atoms with Crippen LogP contribution < -0.4 is 4.90 Å². The molecule has 0 bridgehead atoms. The van der Waals surface area contributed by atoms with Gasteiger partial charge < -0.3 is 9.80 Å². The SMILES string of the molecule is CC(C)N(Cc1ccccc1)C(=O)c1cnc(N2CCc3ccccc3C2)nc1-c1ccccc1F. The van der Waals surface area contributed by atoms with E-state index in [0.717, 1.165) is 18.5 Å². The molecule has 182 valence electrons. The van der Waals surface area contributed by atoms with Crippen molar-refractivity contribution in [1.29, 1.82) is 0 Å². The van der Waals surface area contributed by atoms with Crippen LogP contribution in [0.5, 0.6) is 0 Å². The number of anilines is 1. The molecule has 0 saturated carbocycles. The van der Waals surface area contributed by atoms with Gasteiger partial charge in [0.1, 0.15) is 5.82 Å². The van der Waals surface area contributed by atoms with Crippen LogP contribution >= 0.6 is 0 Å². The Bertz CT molecular complexity index is 1370. The minimum absolute atomic E-state index is 0.0653. The average molecular weight is 481 g/mol. The zero-order valence-electron chi connectivity index (χ0n) is 20.6. The first-order chi connectivity index (χ1) is 17.5. The van der Waals surface area contributed by atoms with Crippen molar-refractivity contribution in [1.82, 2.24) is 14.9 Å². The highest BCUT2D eigenvalue weighted by atomic mass is 19.1. The highest BCUT2D eigenvalue weighted by Gasteiger charge is 2.27. The number of benzene rings is 3. The predicted molar refractivity (Wildman–Crippen MR) is 140 cm³/mol. The van der Waals surface area contributed by atoms with Gasteiger partial charge in [0.2, 0.25) is 5.95 Å². The summed E-state index contributed by atoms with van der Waals surface area (Å²) in [7, 11) is 0. The first-order valence-electron chi connectivity index (χ1n) is 12.3. The van der Waals surface area contributed by atoms with Crippen LogP contribution in [0.1, 0.15) is 40.9 Å². The second kappa shape index (κ2) is 10.3. The molecule has 3 aromatic carbocycles. The fraction of sp³-hybridized carbons (Fsp3) is 0.233. The summed E-state index contributed by atoms with van der Waals surface area (Å²) in [6.45, 7) is 5.83. The Labute approximate surface area is 211 Å². The molecule has 0 spiro atoms. The summed E-state index contributed by atoms with van der Waals surface area (Å²) in [6.07, 6.45) is 2.45. The molecular weight excluding hydrogens is 451 g/mol. The second-order valence-electron chi connectivity index (χ2n) is 9.36. The Morgan fingerprint density at radius 2 is 1.67 bits per heavy atom. The van der Waals surface area contributed by atoms with E-state index in [0.29, 0.717) is 35.9 Å². The van der Waals surface area contributed by atoms with Crippen LogP contribution in [-0.2, 0) is 19.5 Å². The van der Waals surface area contributed by atoms with Crippen LogP contribution in [0.3, 0.4) is 0 Å². The maximum Gasteiger partial charge on any atom is 0.258 e. The van der Waals surface area contributed by atoms with Gasteiger partial charge in [0.25, 0.3) is 5.91 Å². The van der Waals surface area contributed by atoms with Gasteiger partial charge in [-0.15, -0.1) is 0 Å². The third-order valence-electron chi connectivity index (χ3n) is 6.63. The number of carbonyl (C=O) groups is 1. The molecule has 1 amide bonds. The summed E-state index contributed by atoms with van der Waals surface area (Å²) < 4.78 is 15.0. The van der Waals surface area contributed by atoms with Crippen molar-refractivity contribution in [3.05, 3.63) is 113 Å². The first kappa shape index (κ1) is 23.7. The maximum atomic E-state index is 15.0. The Morgan fingerprint density at radius 1 is 0.972 bits per heavy atom. The summed E-state index contributed by atoms with van der Waals surface area (Å²) in [5.74, 6) is -0.138. The van der Waals surface area contributed by atoms with E-state index in [2.05, 4.69) is 28.1 Å². The van der Waals surface area contributed by atoms with Gasteiger partial charge in [-0.05, 0) is 49.1 Å². The Morgan fingerprint density at radius 3 is 2.42 bits per heavy atom. The molecule has 1 aliphatic rings. The van der Waals surface area contributed by atoms with Crippen molar-refractivity contribution in [2.24, 2.45) is 0 Å². The van der Waals surface area contributed by atoms with E-state index in [1.165, 1.54) is 17.2 Å². The number of carbonyl (C=O) groups excluding carboxylic acids is 1. The fourth-order valence-corrected chi connectivity index (χ4v) is 4.63. The molecule has 0 fully saturated rings. The van der Waals surface area contributed by atoms with Crippen LogP contribution in [0.15, 0.2) is 85.1 Å². The zero-order valence-corrected chi connectivity index (χ0v) is 20.6. The molecule has 6 heteroatoms. The van der Waals surface area contributed by atoms with Gasteiger partial charge in [-0.1, -0.05) is 66.7 Å². The lowest BCUT2D eigenvalue weighted by molar-refractivity contribution is 0.0690. The minimum Gasteiger partial charge on any atom is -0.336 e. The molecule has 4 aromatic rings. The Kier molecular flexibility index (Phi) is 6.76. The van der Waals surface area contributed by atoms with Crippen molar-refractivity contribution in [3.63, 3.8) is 0 Å². The van der Waals surface area contributed by atoms with E-state index in [1.807, 2.05) is 50.2 Å². The van der Waals surface area contributed by atoms with E-state index >= 15 is 0 Å². The van der Waals surface area contributed by atoms with Gasteiger partial charge in [-0.25, -0.2) is 14.4 Å². The quantitative estimate of drug-likeness (QED) is 0.345. The Hall–Kier alpha value is -4.06. The van der Waals surface area contributed by atoms with Gasteiger partial charge in [-0.2, -0.15) is 0 Å². The molecule has 36 heavy (non-hydrogen) atoms. The topological polar surface area (TPSA) is 49.3 Å². The average Bonchev–Trinajstić information content (AvgIpc) is 2.91. The molecule has 5 nitrogen and oxygen atoms in total. The molecule has 2 heterocycles. The van der Waals surface area contributed by atoms with Crippen molar-refractivity contribution < 1.29 is 9.18 Å². The molecule has 1 aliphatic heterocycles. The lowest BCUT2D eigenvalue weighted by Gasteiger charge is -2.30. The molecule has 0 unspecified atom stereocenters. The van der Waals surface area contributed by atoms with E-state index in [9.17, 15) is 9.18 Å². The first-order valence-corrected chi connectivity index (χ1v) is 12.3. The van der Waals surface area contributed by atoms with E-state index in [-0.39, 0.29) is 11.9 Å². The number of amides is 1. The third-order valence-corrected chi connectivity index (χ3v) is 6.63. The lowest BCUT2D eigenvalue weighted by atomic mass is 10.0. The van der Waals surface area contributed by atoms with Crippen molar-refractivity contribution in [2.45, 2.75) is 39.4 Å². The fourth-order valence-electron chi connectivity index (χ4n) is 4.63. The smallest absolute Gasteiger partial charge is 0.258 e. The van der Waals surface area contributed by atoms with E-state index in [4.69, 9.17) is 4.98 Å². The minimum atomic E-state index is -0.417. The van der Waals surface area contributed by atoms with Gasteiger partial charge in [0.05, 0.1) is 11.3 Å². The highest BCUT2D eigenvalue weighted by molar-refractivity contribution is 6.00. The van der Waals surface area contributed by atoms with Gasteiger partial charge in [0.15, 0.2) is 0 Å². The lowest BCUT2D eigenvalue weighted by Crippen LogP contribution is -2.37. The number of halogens is 1. The summed E-state index contributed by atoms with van der Waals surface area (Å²) >= 11 is 0. The molecule has 0 atom stereocenters. The number of aromatic nitrogens is 2. The van der Waals surface area contributed by atoms with E-state index < -0.39 is 5.82 Å². The summed E-state index contributed by atoms with van der Waals surface area (Å²) in [4.78, 5) is 27.1. The van der Waals surface area contributed by atoms with Crippen molar-refractivity contribution in [2.75, 3.05) is 11.4 Å². The second-order valence-corrected chi connectivity index (χ2v) is 9.36. The number of nitrogens with zero attached hydrogens (tertiary/aromatic N) is 4. The molecule has 1 aromatic heterocycles. The van der Waals surface area contributed by atoms with Crippen LogP contribution in [0.4, 0.5) is 10.3 Å². The van der Waals surface area contributed by atoms with Crippen LogP contribution in [0.2, 0.25) is 0 Å². The maximum absolute atomic E-state index is 15.0. The molecule has 0 aliphatic carbocycles. The molecular formula is C30H29FN4O. The standard InChI is InChI=1S/C30H29FN4O/c1-21(2)35(19-22-10-4-3-5-11-22)29(36)26-18-32-30(33-28(26)25-14-8-9-15-27(25)31)34-17-16-23-12-6-7-13-24(23)20-34/h3-15,18,21H,16-17,19-20H2,1-2H3. The summed E-state index contributed by atoms with van der Waals surface area (Å²) in [6, 6.07) is 24.6. The number of hydrogen-bond donors (Lipinski definition) is 0. The molecule has 0 saturated heterocycles. The zero-order chi connectivity index (χ0) is 25.1. The monoisotopic (exact) mass is 480 g/mol. The van der Waals surface area contributed by atoms with Crippen molar-refractivity contribution >= 4 is 11.9 Å². The molecule has 0 N–H and O–H groups in total. The van der Waals surface area contributed by atoms with Gasteiger partial charge in [0, 0.05) is 37.4 Å². The molecule has 5 rings (SSSR count). The van der Waals surface area contributed by atoms with Crippen LogP contribution in [0.25, 0.3) is 11.3 Å². The summed E-state index contributed by atoms with van der Waals surface area (Å²) in [5, 5.41) is 0. The van der Waals surface area contributed by atoms with E-state index in [1.54, 1.807) is 29.3 Å². The number of rotatable bonds is 6. The largest absolute Gasteiger partial charge is 0.336 e. The predicted octanol–water partition coefficient (Wildman–Crippen LogP) is 5.90. The number of fused-ring (bicyclic) bond motifs is 1. The van der Waals surface area contributed by atoms with Crippen LogP contribution in [0, 0.1) is 5.82 Å². The Balaban J connectivity index is 1.54. The third kappa shape index (κ3) is 4.85. The highest BCUT2D eigenvalue weighted by Crippen LogP contribution is 2.29. The van der Waals surface area contributed by atoms with Gasteiger partial charge >= 0.3 is 0 Å².